The number of para-hydroxylation sites is 1. The van der Waals surface area contributed by atoms with Gasteiger partial charge in [0.2, 0.25) is 11.8 Å². The summed E-state index contributed by atoms with van der Waals surface area (Å²) in [4.78, 5) is 27.8. The van der Waals surface area contributed by atoms with Crippen molar-refractivity contribution in [2.45, 2.75) is 52.0 Å². The van der Waals surface area contributed by atoms with Gasteiger partial charge < -0.3 is 14.6 Å². The summed E-state index contributed by atoms with van der Waals surface area (Å²) >= 11 is 0. The molecule has 2 aromatic rings. The van der Waals surface area contributed by atoms with E-state index in [1.807, 2.05) is 36.1 Å². The number of carbonyl (C=O) groups excluding carboxylic acids is 2. The van der Waals surface area contributed by atoms with Gasteiger partial charge in [-0.15, -0.1) is 0 Å². The second-order valence-electron chi connectivity index (χ2n) is 7.89. The highest BCUT2D eigenvalue weighted by molar-refractivity contribution is 5.88. The molecule has 0 radical (unpaired) electrons. The summed E-state index contributed by atoms with van der Waals surface area (Å²) in [7, 11) is 0. The van der Waals surface area contributed by atoms with E-state index in [1.165, 1.54) is 0 Å². The van der Waals surface area contributed by atoms with Crippen LogP contribution in [0.5, 0.6) is 0 Å². The molecule has 2 heterocycles. The minimum atomic E-state index is -0.212. The molecule has 2 atom stereocenters. The summed E-state index contributed by atoms with van der Waals surface area (Å²) in [5.41, 5.74) is 1.92. The monoisotopic (exact) mass is 368 g/mol. The molecule has 5 nitrogen and oxygen atoms in total. The molecular weight excluding hydrogens is 340 g/mol. The van der Waals surface area contributed by atoms with Crippen molar-refractivity contribution in [1.29, 1.82) is 0 Å². The number of fused-ring (bicyclic) bond motifs is 1. The summed E-state index contributed by atoms with van der Waals surface area (Å²) in [6, 6.07) is 7.92. The number of rotatable bonds is 4. The zero-order valence-corrected chi connectivity index (χ0v) is 16.0. The molecule has 2 amide bonds. The second-order valence-corrected chi connectivity index (χ2v) is 7.89. The van der Waals surface area contributed by atoms with Crippen LogP contribution in [0, 0.1) is 18.8 Å². The molecule has 0 spiro atoms. The van der Waals surface area contributed by atoms with Gasteiger partial charge in [0.1, 0.15) is 11.3 Å². The summed E-state index contributed by atoms with van der Waals surface area (Å²) in [5, 5.41) is 4.13. The van der Waals surface area contributed by atoms with Crippen molar-refractivity contribution in [3.05, 3.63) is 35.6 Å². The topological polar surface area (TPSA) is 62.6 Å². The van der Waals surface area contributed by atoms with E-state index < -0.39 is 0 Å². The van der Waals surface area contributed by atoms with Crippen LogP contribution in [0.15, 0.2) is 28.7 Å². The van der Waals surface area contributed by atoms with Crippen LogP contribution in [0.25, 0.3) is 11.0 Å². The van der Waals surface area contributed by atoms with E-state index in [0.29, 0.717) is 6.54 Å². The maximum absolute atomic E-state index is 12.9. The Morgan fingerprint density at radius 1 is 1.07 bits per heavy atom. The molecule has 4 rings (SSSR count). The highest BCUT2D eigenvalue weighted by Crippen LogP contribution is 2.33. The first-order valence-corrected chi connectivity index (χ1v) is 10.2. The normalized spacial score (nSPS) is 22.9. The van der Waals surface area contributed by atoms with Gasteiger partial charge in [-0.25, -0.2) is 0 Å². The average Bonchev–Trinajstić information content (AvgIpc) is 3.34. The minimum absolute atomic E-state index is 0.00731. The number of hydrogen-bond acceptors (Lipinski definition) is 3. The molecular formula is C22H28N2O3. The van der Waals surface area contributed by atoms with E-state index in [-0.39, 0.29) is 23.7 Å². The molecule has 5 heteroatoms. The fourth-order valence-electron chi connectivity index (χ4n) is 4.60. The van der Waals surface area contributed by atoms with Crippen molar-refractivity contribution in [2.75, 3.05) is 13.1 Å². The van der Waals surface area contributed by atoms with E-state index in [4.69, 9.17) is 4.42 Å². The molecule has 1 saturated heterocycles. The first kappa shape index (κ1) is 18.1. The van der Waals surface area contributed by atoms with Crippen LogP contribution >= 0.6 is 0 Å². The maximum atomic E-state index is 12.9. The zero-order valence-electron chi connectivity index (χ0n) is 16.0. The fourth-order valence-corrected chi connectivity index (χ4v) is 4.60. The molecule has 0 bridgehead atoms. The van der Waals surface area contributed by atoms with Crippen molar-refractivity contribution in [3.8, 4) is 0 Å². The van der Waals surface area contributed by atoms with Crippen molar-refractivity contribution < 1.29 is 14.0 Å². The zero-order chi connectivity index (χ0) is 18.8. The van der Waals surface area contributed by atoms with Crippen molar-refractivity contribution >= 4 is 22.8 Å². The van der Waals surface area contributed by atoms with Gasteiger partial charge in [-0.3, -0.25) is 9.59 Å². The Balaban J connectivity index is 1.44. The lowest BCUT2D eigenvalue weighted by Crippen LogP contribution is -2.44. The number of likely N-dealkylation sites (tertiary alicyclic amines) is 1. The van der Waals surface area contributed by atoms with Crippen molar-refractivity contribution in [1.82, 2.24) is 10.2 Å². The molecule has 0 unspecified atom stereocenters. The lowest BCUT2D eigenvalue weighted by molar-refractivity contribution is -0.143. The van der Waals surface area contributed by atoms with Crippen LogP contribution in [0.2, 0.25) is 0 Å². The highest BCUT2D eigenvalue weighted by Gasteiger charge is 2.38. The number of carbonyl (C=O) groups is 2. The average molecular weight is 368 g/mol. The molecule has 1 aromatic heterocycles. The number of nitrogens with one attached hydrogen (secondary N) is 1. The Hall–Kier alpha value is -2.30. The fraction of sp³-hybridized carbons (Fsp3) is 0.545. The second kappa shape index (κ2) is 7.75. The highest BCUT2D eigenvalue weighted by atomic mass is 16.3. The number of aryl methyl sites for hydroxylation is 1. The van der Waals surface area contributed by atoms with Gasteiger partial charge in [-0.2, -0.15) is 0 Å². The first-order chi connectivity index (χ1) is 13.1. The van der Waals surface area contributed by atoms with E-state index >= 15 is 0 Å². The summed E-state index contributed by atoms with van der Waals surface area (Å²) in [6.45, 7) is 4.10. The lowest BCUT2D eigenvalue weighted by atomic mass is 9.78. The number of benzene rings is 1. The Kier molecular flexibility index (Phi) is 5.19. The lowest BCUT2D eigenvalue weighted by Gasteiger charge is -2.32. The quantitative estimate of drug-likeness (QED) is 0.893. The smallest absolute Gasteiger partial charge is 0.226 e. The van der Waals surface area contributed by atoms with Gasteiger partial charge in [0.25, 0.3) is 0 Å². The third-order valence-electron chi connectivity index (χ3n) is 6.20. The SMILES string of the molecule is Cc1c(CNC(=O)[C@@H]2CCCC[C@@H]2C(=O)N2CCCC2)oc2ccccc12. The van der Waals surface area contributed by atoms with E-state index in [0.717, 1.165) is 73.9 Å². The number of furan rings is 1. The summed E-state index contributed by atoms with van der Waals surface area (Å²) in [5.74, 6) is 0.604. The molecule has 1 N–H and O–H groups in total. The van der Waals surface area contributed by atoms with Gasteiger partial charge >= 0.3 is 0 Å². The van der Waals surface area contributed by atoms with Crippen LogP contribution in [0.4, 0.5) is 0 Å². The van der Waals surface area contributed by atoms with Crippen LogP contribution < -0.4 is 5.32 Å². The molecule has 144 valence electrons. The number of nitrogens with zero attached hydrogens (tertiary/aromatic N) is 1. The first-order valence-electron chi connectivity index (χ1n) is 10.2. The number of amides is 2. The van der Waals surface area contributed by atoms with Crippen LogP contribution in [-0.4, -0.2) is 29.8 Å². The molecule has 1 saturated carbocycles. The molecule has 2 aliphatic rings. The molecule has 1 aliphatic heterocycles. The van der Waals surface area contributed by atoms with E-state index in [2.05, 4.69) is 5.32 Å². The largest absolute Gasteiger partial charge is 0.459 e. The molecule has 27 heavy (non-hydrogen) atoms. The maximum Gasteiger partial charge on any atom is 0.226 e. The van der Waals surface area contributed by atoms with Gasteiger partial charge in [0.15, 0.2) is 0 Å². The predicted molar refractivity (Wildman–Crippen MR) is 104 cm³/mol. The third-order valence-corrected chi connectivity index (χ3v) is 6.20. The predicted octanol–water partition coefficient (Wildman–Crippen LogP) is 3.79. The minimum Gasteiger partial charge on any atom is -0.459 e. The van der Waals surface area contributed by atoms with Crippen LogP contribution in [0.3, 0.4) is 0 Å². The van der Waals surface area contributed by atoms with Crippen LogP contribution in [0.1, 0.15) is 49.8 Å². The van der Waals surface area contributed by atoms with Gasteiger partial charge in [0, 0.05) is 35.9 Å². The van der Waals surface area contributed by atoms with Gasteiger partial charge in [0.05, 0.1) is 6.54 Å². The Bertz CT molecular complexity index is 835. The summed E-state index contributed by atoms with van der Waals surface area (Å²) < 4.78 is 5.90. The molecule has 2 fully saturated rings. The van der Waals surface area contributed by atoms with Crippen molar-refractivity contribution in [3.63, 3.8) is 0 Å². The molecule has 1 aromatic carbocycles. The van der Waals surface area contributed by atoms with Gasteiger partial charge in [-0.05, 0) is 38.7 Å². The van der Waals surface area contributed by atoms with E-state index in [9.17, 15) is 9.59 Å². The third kappa shape index (κ3) is 3.60. The number of hydrogen-bond donors (Lipinski definition) is 1. The standard InChI is InChI=1S/C22H28N2O3/c1-15-16-8-4-5-11-19(16)27-20(15)14-23-21(25)17-9-2-3-10-18(17)22(26)24-12-6-7-13-24/h4-5,8,11,17-18H,2-3,6-7,9-10,12-14H2,1H3,(H,23,25)/t17-,18+/m1/s1. The Morgan fingerprint density at radius 2 is 1.78 bits per heavy atom. The Morgan fingerprint density at radius 3 is 2.52 bits per heavy atom. The Labute approximate surface area is 160 Å². The van der Waals surface area contributed by atoms with Crippen molar-refractivity contribution in [2.24, 2.45) is 11.8 Å². The molecule has 1 aliphatic carbocycles. The van der Waals surface area contributed by atoms with Crippen LogP contribution in [-0.2, 0) is 16.1 Å². The van der Waals surface area contributed by atoms with E-state index in [1.54, 1.807) is 0 Å². The summed E-state index contributed by atoms with van der Waals surface area (Å²) in [6.07, 6.45) is 5.86. The van der Waals surface area contributed by atoms with Gasteiger partial charge in [-0.1, -0.05) is 31.0 Å².